The molecule has 0 aliphatic heterocycles. The largest absolute Gasteiger partial charge is 0.323 e. The lowest BCUT2D eigenvalue weighted by Crippen LogP contribution is -2.20. The van der Waals surface area contributed by atoms with Crippen LogP contribution in [0.5, 0.6) is 0 Å². The first kappa shape index (κ1) is 21.8. The van der Waals surface area contributed by atoms with E-state index in [1.165, 1.54) is 30.3 Å². The second-order valence-electron chi connectivity index (χ2n) is 6.31. The highest BCUT2D eigenvalue weighted by molar-refractivity contribution is 7.92. The first-order valence-electron chi connectivity index (χ1n) is 8.60. The Bertz CT molecular complexity index is 1180. The molecule has 0 spiro atoms. The summed E-state index contributed by atoms with van der Waals surface area (Å²) in [6, 6.07) is 11.5. The van der Waals surface area contributed by atoms with E-state index in [-0.39, 0.29) is 10.8 Å². The highest BCUT2D eigenvalue weighted by Gasteiger charge is 2.16. The van der Waals surface area contributed by atoms with Gasteiger partial charge in [-0.1, -0.05) is 23.2 Å². The van der Waals surface area contributed by atoms with Gasteiger partial charge < -0.3 is 10.6 Å². The van der Waals surface area contributed by atoms with E-state index in [4.69, 9.17) is 23.2 Å². The predicted octanol–water partition coefficient (Wildman–Crippen LogP) is 4.85. The fourth-order valence-electron chi connectivity index (χ4n) is 2.55. The van der Waals surface area contributed by atoms with E-state index >= 15 is 0 Å². The van der Waals surface area contributed by atoms with Gasteiger partial charge in [0.15, 0.2) is 0 Å². The van der Waals surface area contributed by atoms with Crippen LogP contribution < -0.4 is 15.4 Å². The molecule has 2 aromatic carbocycles. The molecule has 0 aliphatic rings. The van der Waals surface area contributed by atoms with Crippen molar-refractivity contribution in [1.29, 1.82) is 0 Å². The highest BCUT2D eigenvalue weighted by atomic mass is 35.5. The number of aromatic nitrogens is 2. The van der Waals surface area contributed by atoms with Crippen LogP contribution in [0, 0.1) is 13.8 Å². The molecule has 0 bridgehead atoms. The van der Waals surface area contributed by atoms with E-state index in [2.05, 4.69) is 25.3 Å². The standard InChI is InChI=1S/C19H17Cl2N5O3S/c1-11-9-12(2)23-18(22-11)26-30(28,29)15-6-4-14(5-7-15)24-19(27)25-17-10-13(20)3-8-16(17)21/h3-10H,1-2H3,(H,22,23,26)(H2,24,25,27). The van der Waals surface area contributed by atoms with Crippen molar-refractivity contribution in [1.82, 2.24) is 9.97 Å². The summed E-state index contributed by atoms with van der Waals surface area (Å²) in [7, 11) is -3.89. The normalized spacial score (nSPS) is 11.1. The Morgan fingerprint density at radius 3 is 2.17 bits per heavy atom. The van der Waals surface area contributed by atoms with Crippen molar-refractivity contribution >= 4 is 56.6 Å². The van der Waals surface area contributed by atoms with E-state index in [0.717, 1.165) is 0 Å². The van der Waals surface area contributed by atoms with Crippen LogP contribution in [0.4, 0.5) is 22.1 Å². The zero-order valence-corrected chi connectivity index (χ0v) is 18.2. The van der Waals surface area contributed by atoms with Crippen molar-refractivity contribution in [3.05, 3.63) is 70.0 Å². The summed E-state index contributed by atoms with van der Waals surface area (Å²) in [5.41, 5.74) is 2.02. The molecule has 3 N–H and O–H groups in total. The van der Waals surface area contributed by atoms with E-state index < -0.39 is 16.1 Å². The van der Waals surface area contributed by atoms with Gasteiger partial charge in [-0.15, -0.1) is 0 Å². The Morgan fingerprint density at radius 1 is 0.900 bits per heavy atom. The molecule has 0 radical (unpaired) electrons. The van der Waals surface area contributed by atoms with E-state index in [9.17, 15) is 13.2 Å². The smallest absolute Gasteiger partial charge is 0.308 e. The number of nitrogens with one attached hydrogen (secondary N) is 3. The molecule has 0 saturated carbocycles. The van der Waals surface area contributed by atoms with Crippen LogP contribution >= 0.6 is 23.2 Å². The molecular weight excluding hydrogens is 449 g/mol. The predicted molar refractivity (Wildman–Crippen MR) is 118 cm³/mol. The molecular formula is C19H17Cl2N5O3S. The lowest BCUT2D eigenvalue weighted by Gasteiger charge is -2.11. The van der Waals surface area contributed by atoms with Crippen LogP contribution in [0.1, 0.15) is 11.4 Å². The van der Waals surface area contributed by atoms with Crippen molar-refractivity contribution in [3.8, 4) is 0 Å². The summed E-state index contributed by atoms with van der Waals surface area (Å²) in [5.74, 6) is -0.00696. The average molecular weight is 466 g/mol. The molecule has 11 heteroatoms. The number of hydrogen-bond donors (Lipinski definition) is 3. The van der Waals surface area contributed by atoms with Gasteiger partial charge in [-0.25, -0.2) is 27.9 Å². The number of amides is 2. The van der Waals surface area contributed by atoms with Crippen molar-refractivity contribution in [3.63, 3.8) is 0 Å². The quantitative estimate of drug-likeness (QED) is 0.498. The summed E-state index contributed by atoms with van der Waals surface area (Å²) < 4.78 is 27.4. The molecule has 156 valence electrons. The van der Waals surface area contributed by atoms with Gasteiger partial charge in [-0.2, -0.15) is 0 Å². The van der Waals surface area contributed by atoms with E-state index in [1.807, 2.05) is 0 Å². The fourth-order valence-corrected chi connectivity index (χ4v) is 3.83. The van der Waals surface area contributed by atoms with Crippen molar-refractivity contribution in [2.75, 3.05) is 15.4 Å². The summed E-state index contributed by atoms with van der Waals surface area (Å²) in [4.78, 5) is 20.3. The molecule has 1 heterocycles. The Labute approximate surface area is 183 Å². The Kier molecular flexibility index (Phi) is 6.45. The van der Waals surface area contributed by atoms with Gasteiger partial charge in [0.25, 0.3) is 10.0 Å². The number of carbonyl (C=O) groups excluding carboxylic acids is 1. The molecule has 0 fully saturated rings. The second-order valence-corrected chi connectivity index (χ2v) is 8.83. The van der Waals surface area contributed by atoms with Crippen LogP contribution in [0.2, 0.25) is 10.0 Å². The molecule has 8 nitrogen and oxygen atoms in total. The molecule has 3 rings (SSSR count). The van der Waals surface area contributed by atoms with Gasteiger partial charge in [0, 0.05) is 22.1 Å². The Hall–Kier alpha value is -2.88. The molecule has 0 saturated heterocycles. The summed E-state index contributed by atoms with van der Waals surface area (Å²) >= 11 is 11.9. The molecule has 1 aromatic heterocycles. The average Bonchev–Trinajstić information content (AvgIpc) is 2.64. The number of nitrogens with zero attached hydrogens (tertiary/aromatic N) is 2. The molecule has 0 atom stereocenters. The van der Waals surface area contributed by atoms with E-state index in [0.29, 0.717) is 32.8 Å². The minimum atomic E-state index is -3.89. The van der Waals surface area contributed by atoms with Crippen LogP contribution in [-0.4, -0.2) is 24.4 Å². The number of urea groups is 1. The Morgan fingerprint density at radius 2 is 1.53 bits per heavy atom. The Balaban J connectivity index is 1.69. The van der Waals surface area contributed by atoms with Crippen molar-refractivity contribution < 1.29 is 13.2 Å². The minimum Gasteiger partial charge on any atom is -0.308 e. The molecule has 2 amide bonds. The number of benzene rings is 2. The second kappa shape index (κ2) is 8.86. The third kappa shape index (κ3) is 5.59. The third-order valence-corrected chi connectivity index (χ3v) is 5.72. The maximum Gasteiger partial charge on any atom is 0.323 e. The monoisotopic (exact) mass is 465 g/mol. The van der Waals surface area contributed by atoms with Gasteiger partial charge in [-0.05, 0) is 62.4 Å². The van der Waals surface area contributed by atoms with Gasteiger partial charge in [-0.3, -0.25) is 0 Å². The molecule has 30 heavy (non-hydrogen) atoms. The molecule has 3 aromatic rings. The lowest BCUT2D eigenvalue weighted by atomic mass is 10.3. The van der Waals surface area contributed by atoms with Crippen LogP contribution in [-0.2, 0) is 10.0 Å². The maximum absolute atomic E-state index is 12.6. The SMILES string of the molecule is Cc1cc(C)nc(NS(=O)(=O)c2ccc(NC(=O)Nc3cc(Cl)ccc3Cl)cc2)n1. The van der Waals surface area contributed by atoms with Gasteiger partial charge >= 0.3 is 6.03 Å². The zero-order chi connectivity index (χ0) is 21.9. The minimum absolute atomic E-state index is 0.00546. The topological polar surface area (TPSA) is 113 Å². The summed E-state index contributed by atoms with van der Waals surface area (Å²) in [5, 5.41) is 5.91. The number of halogens is 2. The third-order valence-electron chi connectivity index (χ3n) is 3.81. The zero-order valence-electron chi connectivity index (χ0n) is 15.9. The van der Waals surface area contributed by atoms with E-state index in [1.54, 1.807) is 32.0 Å². The first-order chi connectivity index (χ1) is 14.1. The maximum atomic E-state index is 12.6. The van der Waals surface area contributed by atoms with Gasteiger partial charge in [0.1, 0.15) is 0 Å². The number of aryl methyl sites for hydroxylation is 2. The summed E-state index contributed by atoms with van der Waals surface area (Å²) in [6.45, 7) is 3.49. The van der Waals surface area contributed by atoms with Crippen LogP contribution in [0.3, 0.4) is 0 Å². The van der Waals surface area contributed by atoms with Crippen molar-refractivity contribution in [2.24, 2.45) is 0 Å². The van der Waals surface area contributed by atoms with Crippen LogP contribution in [0.25, 0.3) is 0 Å². The van der Waals surface area contributed by atoms with Crippen LogP contribution in [0.15, 0.2) is 53.4 Å². The lowest BCUT2D eigenvalue weighted by molar-refractivity contribution is 0.262. The highest BCUT2D eigenvalue weighted by Crippen LogP contribution is 2.25. The van der Waals surface area contributed by atoms with Gasteiger partial charge in [0.05, 0.1) is 15.6 Å². The molecule has 0 unspecified atom stereocenters. The number of anilines is 3. The number of rotatable bonds is 5. The molecule has 0 aliphatic carbocycles. The first-order valence-corrected chi connectivity index (χ1v) is 10.8. The van der Waals surface area contributed by atoms with Crippen molar-refractivity contribution in [2.45, 2.75) is 18.7 Å². The van der Waals surface area contributed by atoms with Gasteiger partial charge in [0.2, 0.25) is 5.95 Å². The number of sulfonamides is 1. The number of carbonyl (C=O) groups is 1. The fraction of sp³-hybridized carbons (Fsp3) is 0.105. The summed E-state index contributed by atoms with van der Waals surface area (Å²) in [6.07, 6.45) is 0. The number of hydrogen-bond acceptors (Lipinski definition) is 5.